The molecule has 0 radical (unpaired) electrons. The van der Waals surface area contributed by atoms with Gasteiger partial charge in [0.2, 0.25) is 0 Å². The number of benzene rings is 1. The molecule has 7 nitrogen and oxygen atoms in total. The first-order chi connectivity index (χ1) is 11.2. The number of hydrogen-bond acceptors (Lipinski definition) is 6. The standard InChI is InChI=1S/C15H14N6OS/c1-2-20-10-17-19-15(20)23-9-13-18-12-6-4-3-5-11(12)14(22)21(13)8-7-16/h3-6,10H,2,8-9H2,1H3. The van der Waals surface area contributed by atoms with Crippen molar-refractivity contribution in [2.24, 2.45) is 0 Å². The monoisotopic (exact) mass is 326 g/mol. The van der Waals surface area contributed by atoms with E-state index in [4.69, 9.17) is 5.26 Å². The third-order valence-electron chi connectivity index (χ3n) is 3.42. The van der Waals surface area contributed by atoms with Crippen LogP contribution in [0.2, 0.25) is 0 Å². The molecule has 0 saturated heterocycles. The summed E-state index contributed by atoms with van der Waals surface area (Å²) in [7, 11) is 0. The molecule has 0 atom stereocenters. The van der Waals surface area contributed by atoms with Gasteiger partial charge in [0.25, 0.3) is 5.56 Å². The number of thioether (sulfide) groups is 1. The molecule has 1 aromatic carbocycles. The summed E-state index contributed by atoms with van der Waals surface area (Å²) >= 11 is 1.45. The molecule has 116 valence electrons. The first-order valence-electron chi connectivity index (χ1n) is 7.10. The molecule has 0 aliphatic heterocycles. The molecule has 0 aliphatic carbocycles. The molecule has 0 saturated carbocycles. The van der Waals surface area contributed by atoms with Crippen molar-refractivity contribution in [3.05, 3.63) is 46.8 Å². The van der Waals surface area contributed by atoms with Crippen LogP contribution in [0.1, 0.15) is 12.7 Å². The quantitative estimate of drug-likeness (QED) is 0.664. The molecule has 3 aromatic rings. The highest BCUT2D eigenvalue weighted by Gasteiger charge is 2.12. The number of para-hydroxylation sites is 1. The summed E-state index contributed by atoms with van der Waals surface area (Å²) in [6.07, 6.45) is 1.67. The number of nitriles is 1. The summed E-state index contributed by atoms with van der Waals surface area (Å²) in [6, 6.07) is 9.19. The molecule has 0 unspecified atom stereocenters. The van der Waals surface area contributed by atoms with Crippen LogP contribution in [-0.4, -0.2) is 24.3 Å². The zero-order valence-corrected chi connectivity index (χ0v) is 13.3. The highest BCUT2D eigenvalue weighted by molar-refractivity contribution is 7.98. The smallest absolute Gasteiger partial charge is 0.262 e. The minimum absolute atomic E-state index is 0.0208. The fourth-order valence-corrected chi connectivity index (χ4v) is 3.19. The first kappa shape index (κ1) is 15.2. The Morgan fingerprint density at radius 1 is 1.35 bits per heavy atom. The fraction of sp³-hybridized carbons (Fsp3) is 0.267. The van der Waals surface area contributed by atoms with Crippen LogP contribution < -0.4 is 5.56 Å². The number of fused-ring (bicyclic) bond motifs is 1. The first-order valence-corrected chi connectivity index (χ1v) is 8.09. The van der Waals surface area contributed by atoms with E-state index < -0.39 is 0 Å². The van der Waals surface area contributed by atoms with Crippen LogP contribution in [0.15, 0.2) is 40.5 Å². The van der Waals surface area contributed by atoms with E-state index in [0.717, 1.165) is 11.7 Å². The maximum atomic E-state index is 12.6. The van der Waals surface area contributed by atoms with Gasteiger partial charge in [0.1, 0.15) is 18.7 Å². The number of nitrogens with zero attached hydrogens (tertiary/aromatic N) is 6. The third-order valence-corrected chi connectivity index (χ3v) is 4.40. The van der Waals surface area contributed by atoms with Crippen LogP contribution >= 0.6 is 11.8 Å². The van der Waals surface area contributed by atoms with E-state index in [1.807, 2.05) is 23.6 Å². The molecule has 8 heteroatoms. The van der Waals surface area contributed by atoms with Crippen molar-refractivity contribution in [3.8, 4) is 6.07 Å². The van der Waals surface area contributed by atoms with Gasteiger partial charge in [0.05, 0.1) is 22.7 Å². The van der Waals surface area contributed by atoms with Crippen molar-refractivity contribution in [1.29, 1.82) is 5.26 Å². The van der Waals surface area contributed by atoms with Gasteiger partial charge in [0.15, 0.2) is 5.16 Å². The second kappa shape index (κ2) is 6.62. The molecule has 0 aliphatic rings. The summed E-state index contributed by atoms with van der Waals surface area (Å²) < 4.78 is 3.33. The molecule has 0 amide bonds. The summed E-state index contributed by atoms with van der Waals surface area (Å²) in [4.78, 5) is 17.1. The predicted octanol–water partition coefficient (Wildman–Crippen LogP) is 1.82. The lowest BCUT2D eigenvalue weighted by Gasteiger charge is -2.10. The Morgan fingerprint density at radius 3 is 2.96 bits per heavy atom. The van der Waals surface area contributed by atoms with Crippen LogP contribution in [0.3, 0.4) is 0 Å². The van der Waals surface area contributed by atoms with Crippen LogP contribution in [0.4, 0.5) is 0 Å². The molecule has 2 aromatic heterocycles. The van der Waals surface area contributed by atoms with Gasteiger partial charge in [-0.1, -0.05) is 23.9 Å². The highest BCUT2D eigenvalue weighted by Crippen LogP contribution is 2.20. The van der Waals surface area contributed by atoms with E-state index in [1.54, 1.807) is 24.5 Å². The maximum Gasteiger partial charge on any atom is 0.262 e. The number of aryl methyl sites for hydroxylation is 1. The van der Waals surface area contributed by atoms with Crippen molar-refractivity contribution in [3.63, 3.8) is 0 Å². The Labute approximate surface area is 136 Å². The van der Waals surface area contributed by atoms with E-state index in [9.17, 15) is 4.79 Å². The van der Waals surface area contributed by atoms with Gasteiger partial charge in [-0.05, 0) is 19.1 Å². The lowest BCUT2D eigenvalue weighted by Crippen LogP contribution is -2.24. The predicted molar refractivity (Wildman–Crippen MR) is 86.9 cm³/mol. The lowest BCUT2D eigenvalue weighted by molar-refractivity contribution is 0.679. The Kier molecular flexibility index (Phi) is 4.39. The van der Waals surface area contributed by atoms with E-state index in [0.29, 0.717) is 22.5 Å². The van der Waals surface area contributed by atoms with Crippen molar-refractivity contribution in [1.82, 2.24) is 24.3 Å². The van der Waals surface area contributed by atoms with Crippen LogP contribution in [-0.2, 0) is 18.8 Å². The lowest BCUT2D eigenvalue weighted by atomic mass is 10.2. The van der Waals surface area contributed by atoms with Gasteiger partial charge in [0, 0.05) is 6.54 Å². The Balaban J connectivity index is 2.00. The summed E-state index contributed by atoms with van der Waals surface area (Å²) in [6.45, 7) is 2.76. The van der Waals surface area contributed by atoms with E-state index >= 15 is 0 Å². The number of rotatable bonds is 5. The molecule has 0 bridgehead atoms. The van der Waals surface area contributed by atoms with Gasteiger partial charge in [-0.15, -0.1) is 10.2 Å². The van der Waals surface area contributed by atoms with Gasteiger partial charge in [-0.25, -0.2) is 4.98 Å². The molecule has 0 N–H and O–H groups in total. The molecular weight excluding hydrogens is 312 g/mol. The van der Waals surface area contributed by atoms with Crippen molar-refractivity contribution >= 4 is 22.7 Å². The zero-order valence-electron chi connectivity index (χ0n) is 12.5. The summed E-state index contributed by atoms with van der Waals surface area (Å²) in [5.74, 6) is 1.01. The minimum atomic E-state index is -0.190. The molecule has 0 fully saturated rings. The molecule has 0 spiro atoms. The maximum absolute atomic E-state index is 12.6. The van der Waals surface area contributed by atoms with Crippen LogP contribution in [0, 0.1) is 11.3 Å². The Morgan fingerprint density at radius 2 is 2.17 bits per heavy atom. The van der Waals surface area contributed by atoms with Gasteiger partial charge in [-0.3, -0.25) is 9.36 Å². The van der Waals surface area contributed by atoms with Gasteiger partial charge in [-0.2, -0.15) is 5.26 Å². The average molecular weight is 326 g/mol. The highest BCUT2D eigenvalue weighted by atomic mass is 32.2. The second-order valence-electron chi connectivity index (χ2n) is 4.78. The second-order valence-corrected chi connectivity index (χ2v) is 5.73. The van der Waals surface area contributed by atoms with Crippen LogP contribution in [0.5, 0.6) is 0 Å². The van der Waals surface area contributed by atoms with E-state index in [2.05, 4.69) is 15.2 Å². The third kappa shape index (κ3) is 2.96. The fourth-order valence-electron chi connectivity index (χ4n) is 2.26. The topological polar surface area (TPSA) is 89.4 Å². The van der Waals surface area contributed by atoms with E-state index in [1.165, 1.54) is 16.3 Å². The number of aromatic nitrogens is 5. The van der Waals surface area contributed by atoms with Crippen LogP contribution in [0.25, 0.3) is 10.9 Å². The zero-order chi connectivity index (χ0) is 16.2. The van der Waals surface area contributed by atoms with Crippen molar-refractivity contribution < 1.29 is 0 Å². The van der Waals surface area contributed by atoms with E-state index in [-0.39, 0.29) is 12.1 Å². The van der Waals surface area contributed by atoms with Gasteiger partial charge < -0.3 is 4.57 Å². The molecular formula is C15H14N6OS. The summed E-state index contributed by atoms with van der Waals surface area (Å²) in [5, 5.41) is 18.2. The molecule has 23 heavy (non-hydrogen) atoms. The largest absolute Gasteiger partial charge is 0.309 e. The SMILES string of the molecule is CCn1cnnc1SCc1nc2ccccc2c(=O)n1CC#N. The minimum Gasteiger partial charge on any atom is -0.309 e. The van der Waals surface area contributed by atoms with Crippen molar-refractivity contribution in [2.45, 2.75) is 30.9 Å². The van der Waals surface area contributed by atoms with Crippen molar-refractivity contribution in [2.75, 3.05) is 0 Å². The number of hydrogen-bond donors (Lipinski definition) is 0. The Hall–Kier alpha value is -2.66. The summed E-state index contributed by atoms with van der Waals surface area (Å²) in [5.41, 5.74) is 0.448. The molecule has 3 rings (SSSR count). The molecule has 2 heterocycles. The van der Waals surface area contributed by atoms with Gasteiger partial charge >= 0.3 is 0 Å². The normalized spacial score (nSPS) is 10.8. The average Bonchev–Trinajstić information content (AvgIpc) is 3.03. The Bertz CT molecular complexity index is 939.